The predicted octanol–water partition coefficient (Wildman–Crippen LogP) is 0.363. The standard InChI is InChI=1S/C11H23N3/c12-9-11-3-6-14(10-11)8-7-13-4-1-2-5-13/h11H,1-10,12H2. The van der Waals surface area contributed by atoms with Crippen LogP contribution in [0.1, 0.15) is 19.3 Å². The molecule has 0 radical (unpaired) electrons. The first-order valence-electron chi connectivity index (χ1n) is 6.03. The second-order valence-electron chi connectivity index (χ2n) is 4.74. The SMILES string of the molecule is NCC1CCN(CCN2CCCC2)C1. The van der Waals surface area contributed by atoms with Crippen LogP contribution in [0.15, 0.2) is 0 Å². The molecule has 3 nitrogen and oxygen atoms in total. The molecule has 2 aliphatic rings. The summed E-state index contributed by atoms with van der Waals surface area (Å²) in [7, 11) is 0. The molecule has 0 spiro atoms. The van der Waals surface area contributed by atoms with Crippen LogP contribution >= 0.6 is 0 Å². The smallest absolute Gasteiger partial charge is 0.0109 e. The molecule has 0 saturated carbocycles. The van der Waals surface area contributed by atoms with E-state index >= 15 is 0 Å². The molecular weight excluding hydrogens is 174 g/mol. The van der Waals surface area contributed by atoms with Crippen molar-refractivity contribution in [1.29, 1.82) is 0 Å². The van der Waals surface area contributed by atoms with E-state index in [-0.39, 0.29) is 0 Å². The highest BCUT2D eigenvalue weighted by Crippen LogP contribution is 2.15. The van der Waals surface area contributed by atoms with Crippen molar-refractivity contribution in [3.05, 3.63) is 0 Å². The molecule has 82 valence electrons. The summed E-state index contributed by atoms with van der Waals surface area (Å²) in [5.74, 6) is 0.772. The second-order valence-corrected chi connectivity index (χ2v) is 4.74. The summed E-state index contributed by atoms with van der Waals surface area (Å²) in [6.07, 6.45) is 4.13. The van der Waals surface area contributed by atoms with E-state index in [0.29, 0.717) is 0 Å². The highest BCUT2D eigenvalue weighted by Gasteiger charge is 2.21. The van der Waals surface area contributed by atoms with Gasteiger partial charge in [-0.25, -0.2) is 0 Å². The molecule has 2 aliphatic heterocycles. The van der Waals surface area contributed by atoms with E-state index in [0.717, 1.165) is 12.5 Å². The minimum absolute atomic E-state index is 0.772. The van der Waals surface area contributed by atoms with Crippen LogP contribution in [-0.4, -0.2) is 55.6 Å². The lowest BCUT2D eigenvalue weighted by atomic mass is 10.1. The first-order chi connectivity index (χ1) is 6.88. The molecule has 2 rings (SSSR count). The van der Waals surface area contributed by atoms with Crippen LogP contribution in [-0.2, 0) is 0 Å². The Morgan fingerprint density at radius 1 is 1.00 bits per heavy atom. The first-order valence-corrected chi connectivity index (χ1v) is 6.03. The third-order valence-corrected chi connectivity index (χ3v) is 3.63. The maximum Gasteiger partial charge on any atom is 0.0109 e. The highest BCUT2D eigenvalue weighted by molar-refractivity contribution is 4.77. The maximum atomic E-state index is 5.68. The molecule has 14 heavy (non-hydrogen) atoms. The zero-order valence-electron chi connectivity index (χ0n) is 9.12. The number of nitrogens with two attached hydrogens (primary N) is 1. The summed E-state index contributed by atoms with van der Waals surface area (Å²) >= 11 is 0. The summed E-state index contributed by atoms with van der Waals surface area (Å²) < 4.78 is 0. The van der Waals surface area contributed by atoms with Crippen molar-refractivity contribution in [2.24, 2.45) is 11.7 Å². The molecule has 0 bridgehead atoms. The van der Waals surface area contributed by atoms with Gasteiger partial charge in [0.2, 0.25) is 0 Å². The number of nitrogens with zero attached hydrogens (tertiary/aromatic N) is 2. The molecule has 0 aliphatic carbocycles. The van der Waals surface area contributed by atoms with Crippen molar-refractivity contribution in [2.45, 2.75) is 19.3 Å². The molecular formula is C11H23N3. The van der Waals surface area contributed by atoms with Crippen molar-refractivity contribution in [3.8, 4) is 0 Å². The van der Waals surface area contributed by atoms with Crippen molar-refractivity contribution >= 4 is 0 Å². The molecule has 1 atom stereocenters. The largest absolute Gasteiger partial charge is 0.330 e. The van der Waals surface area contributed by atoms with E-state index in [2.05, 4.69) is 9.80 Å². The fourth-order valence-electron chi connectivity index (χ4n) is 2.60. The molecule has 2 N–H and O–H groups in total. The Bertz CT molecular complexity index is 166. The molecule has 2 heterocycles. The molecule has 3 heteroatoms. The Hall–Kier alpha value is -0.120. The normalized spacial score (nSPS) is 30.2. The van der Waals surface area contributed by atoms with E-state index < -0.39 is 0 Å². The average molecular weight is 197 g/mol. The van der Waals surface area contributed by atoms with Crippen LogP contribution < -0.4 is 5.73 Å². The Kier molecular flexibility index (Phi) is 3.79. The fraction of sp³-hybridized carbons (Fsp3) is 1.00. The van der Waals surface area contributed by atoms with Crippen LogP contribution in [0.4, 0.5) is 0 Å². The summed E-state index contributed by atoms with van der Waals surface area (Å²) in [5, 5.41) is 0. The van der Waals surface area contributed by atoms with Gasteiger partial charge in [0.05, 0.1) is 0 Å². The topological polar surface area (TPSA) is 32.5 Å². The molecule has 0 aromatic rings. The third kappa shape index (κ3) is 2.69. The summed E-state index contributed by atoms with van der Waals surface area (Å²) in [6.45, 7) is 8.58. The molecule has 0 amide bonds. The highest BCUT2D eigenvalue weighted by atomic mass is 15.2. The summed E-state index contributed by atoms with van der Waals surface area (Å²) in [4.78, 5) is 5.17. The van der Waals surface area contributed by atoms with Gasteiger partial charge in [0.15, 0.2) is 0 Å². The number of hydrogen-bond acceptors (Lipinski definition) is 3. The van der Waals surface area contributed by atoms with E-state index in [4.69, 9.17) is 5.73 Å². The molecule has 0 aromatic carbocycles. The maximum absolute atomic E-state index is 5.68. The van der Waals surface area contributed by atoms with Crippen molar-refractivity contribution in [1.82, 2.24) is 9.80 Å². The Balaban J connectivity index is 1.61. The minimum Gasteiger partial charge on any atom is -0.330 e. The minimum atomic E-state index is 0.772. The molecule has 1 unspecified atom stereocenters. The van der Waals surface area contributed by atoms with Gasteiger partial charge >= 0.3 is 0 Å². The van der Waals surface area contributed by atoms with Gasteiger partial charge in [-0.2, -0.15) is 0 Å². The number of hydrogen-bond donors (Lipinski definition) is 1. The quantitative estimate of drug-likeness (QED) is 0.706. The lowest BCUT2D eigenvalue weighted by Crippen LogP contribution is -2.33. The van der Waals surface area contributed by atoms with E-state index in [9.17, 15) is 0 Å². The molecule has 2 saturated heterocycles. The van der Waals surface area contributed by atoms with Gasteiger partial charge < -0.3 is 15.5 Å². The van der Waals surface area contributed by atoms with E-state index in [1.807, 2.05) is 0 Å². The van der Waals surface area contributed by atoms with Gasteiger partial charge in [0, 0.05) is 19.6 Å². The zero-order valence-corrected chi connectivity index (χ0v) is 9.12. The first kappa shape index (κ1) is 10.4. The predicted molar refractivity (Wildman–Crippen MR) is 59.3 cm³/mol. The van der Waals surface area contributed by atoms with Crippen molar-refractivity contribution < 1.29 is 0 Å². The van der Waals surface area contributed by atoms with Crippen LogP contribution in [0, 0.1) is 5.92 Å². The van der Waals surface area contributed by atoms with E-state index in [1.165, 1.54) is 58.5 Å². The van der Waals surface area contributed by atoms with Gasteiger partial charge in [0.1, 0.15) is 0 Å². The van der Waals surface area contributed by atoms with E-state index in [1.54, 1.807) is 0 Å². The third-order valence-electron chi connectivity index (χ3n) is 3.63. The number of likely N-dealkylation sites (tertiary alicyclic amines) is 2. The van der Waals surface area contributed by atoms with Crippen molar-refractivity contribution in [2.75, 3.05) is 45.8 Å². The lowest BCUT2D eigenvalue weighted by molar-refractivity contribution is 0.252. The van der Waals surface area contributed by atoms with Crippen LogP contribution in [0.5, 0.6) is 0 Å². The average Bonchev–Trinajstić information content (AvgIpc) is 2.86. The van der Waals surface area contributed by atoms with Gasteiger partial charge in [-0.3, -0.25) is 0 Å². The van der Waals surface area contributed by atoms with Crippen LogP contribution in [0.2, 0.25) is 0 Å². The lowest BCUT2D eigenvalue weighted by Gasteiger charge is -2.20. The monoisotopic (exact) mass is 197 g/mol. The molecule has 2 fully saturated rings. The van der Waals surface area contributed by atoms with Crippen LogP contribution in [0.25, 0.3) is 0 Å². The van der Waals surface area contributed by atoms with Gasteiger partial charge in [-0.1, -0.05) is 0 Å². The Labute approximate surface area is 87.2 Å². The summed E-state index contributed by atoms with van der Waals surface area (Å²) in [5.41, 5.74) is 5.68. The van der Waals surface area contributed by atoms with Gasteiger partial charge in [-0.15, -0.1) is 0 Å². The Morgan fingerprint density at radius 3 is 2.36 bits per heavy atom. The number of rotatable bonds is 4. The fourth-order valence-corrected chi connectivity index (χ4v) is 2.60. The summed E-state index contributed by atoms with van der Waals surface area (Å²) in [6, 6.07) is 0. The Morgan fingerprint density at radius 2 is 1.71 bits per heavy atom. The van der Waals surface area contributed by atoms with Gasteiger partial charge in [0.25, 0.3) is 0 Å². The molecule has 0 aromatic heterocycles. The van der Waals surface area contributed by atoms with Crippen LogP contribution in [0.3, 0.4) is 0 Å². The van der Waals surface area contributed by atoms with Crippen molar-refractivity contribution in [3.63, 3.8) is 0 Å². The second kappa shape index (κ2) is 5.10. The zero-order chi connectivity index (χ0) is 9.80. The van der Waals surface area contributed by atoms with Gasteiger partial charge in [-0.05, 0) is 51.4 Å².